The quantitative estimate of drug-likeness (QED) is 0.684. The highest BCUT2D eigenvalue weighted by Gasteiger charge is 2.22. The number of carbonyl (C=O) groups excluding carboxylic acids is 1. The van der Waals surface area contributed by atoms with Gasteiger partial charge in [0.05, 0.1) is 17.5 Å². The lowest BCUT2D eigenvalue weighted by atomic mass is 10.0. The largest absolute Gasteiger partial charge is 0.319 e. The van der Waals surface area contributed by atoms with E-state index in [1.165, 1.54) is 6.07 Å². The van der Waals surface area contributed by atoms with Crippen molar-refractivity contribution in [2.75, 3.05) is 18.4 Å². The van der Waals surface area contributed by atoms with Crippen LogP contribution in [0.2, 0.25) is 0 Å². The zero-order valence-electron chi connectivity index (χ0n) is 11.8. The maximum atomic E-state index is 13.0. The minimum atomic E-state index is -0.706. The summed E-state index contributed by atoms with van der Waals surface area (Å²) in [7, 11) is 0. The summed E-state index contributed by atoms with van der Waals surface area (Å²) >= 11 is 0. The fraction of sp³-hybridized carbons (Fsp3) is 0.500. The number of carbonyl (C=O) groups is 1. The van der Waals surface area contributed by atoms with Crippen LogP contribution in [0.3, 0.4) is 0 Å². The molecule has 1 fully saturated rings. The number of rotatable bonds is 4. The molecule has 0 spiro atoms. The van der Waals surface area contributed by atoms with Crippen LogP contribution in [-0.4, -0.2) is 34.9 Å². The van der Waals surface area contributed by atoms with Crippen LogP contribution >= 0.6 is 0 Å². The van der Waals surface area contributed by atoms with Crippen molar-refractivity contribution in [1.82, 2.24) is 4.90 Å². The molecule has 0 aromatic heterocycles. The minimum absolute atomic E-state index is 0.0241. The molecule has 0 radical (unpaired) electrons. The van der Waals surface area contributed by atoms with Crippen molar-refractivity contribution in [3.8, 4) is 0 Å². The van der Waals surface area contributed by atoms with Crippen LogP contribution in [-0.2, 0) is 4.79 Å². The van der Waals surface area contributed by atoms with Crippen LogP contribution in [0.5, 0.6) is 0 Å². The van der Waals surface area contributed by atoms with E-state index in [9.17, 15) is 19.3 Å². The van der Waals surface area contributed by atoms with Crippen molar-refractivity contribution in [1.29, 1.82) is 0 Å². The van der Waals surface area contributed by atoms with Gasteiger partial charge in [0.1, 0.15) is 11.5 Å². The monoisotopic (exact) mass is 295 g/mol. The standard InChI is InChI=1S/C14H18FN3O3/c1-10-4-2-3-7-17(10)9-14(19)16-12-6-5-11(15)8-13(12)18(20)21/h5-6,8,10H,2-4,7,9H2,1H3,(H,16,19)/t10-/m0/s1. The van der Waals surface area contributed by atoms with Crippen LogP contribution < -0.4 is 5.32 Å². The van der Waals surface area contributed by atoms with Crippen molar-refractivity contribution in [2.24, 2.45) is 0 Å². The second-order valence-corrected chi connectivity index (χ2v) is 5.28. The highest BCUT2D eigenvalue weighted by molar-refractivity contribution is 5.94. The van der Waals surface area contributed by atoms with Crippen LogP contribution in [0.4, 0.5) is 15.8 Å². The molecule has 0 bridgehead atoms. The number of hydrogen-bond acceptors (Lipinski definition) is 4. The Hall–Kier alpha value is -2.02. The van der Waals surface area contributed by atoms with Gasteiger partial charge >= 0.3 is 0 Å². The summed E-state index contributed by atoms with van der Waals surface area (Å²) in [6, 6.07) is 3.43. The maximum Gasteiger partial charge on any atom is 0.295 e. The molecule has 1 heterocycles. The maximum absolute atomic E-state index is 13.0. The molecule has 1 aromatic carbocycles. The highest BCUT2D eigenvalue weighted by Crippen LogP contribution is 2.25. The Labute approximate surface area is 122 Å². The molecule has 1 N–H and O–H groups in total. The summed E-state index contributed by atoms with van der Waals surface area (Å²) in [6.07, 6.45) is 3.25. The van der Waals surface area contributed by atoms with E-state index >= 15 is 0 Å². The normalized spacial score (nSPS) is 19.2. The Morgan fingerprint density at radius 3 is 2.95 bits per heavy atom. The van der Waals surface area contributed by atoms with Gasteiger partial charge in [0.15, 0.2) is 0 Å². The van der Waals surface area contributed by atoms with E-state index in [0.29, 0.717) is 6.04 Å². The van der Waals surface area contributed by atoms with E-state index < -0.39 is 16.4 Å². The fourth-order valence-corrected chi connectivity index (χ4v) is 2.53. The Morgan fingerprint density at radius 1 is 1.52 bits per heavy atom. The molecule has 0 unspecified atom stereocenters. The molecule has 1 aliphatic rings. The highest BCUT2D eigenvalue weighted by atomic mass is 19.1. The van der Waals surface area contributed by atoms with Crippen molar-refractivity contribution in [3.63, 3.8) is 0 Å². The second kappa shape index (κ2) is 6.62. The first-order valence-corrected chi connectivity index (χ1v) is 6.95. The molecular weight excluding hydrogens is 277 g/mol. The molecule has 1 aromatic rings. The number of nitro groups is 1. The van der Waals surface area contributed by atoms with Gasteiger partial charge in [-0.3, -0.25) is 19.8 Å². The molecule has 1 aliphatic heterocycles. The van der Waals surface area contributed by atoms with Crippen LogP contribution in [0, 0.1) is 15.9 Å². The van der Waals surface area contributed by atoms with Gasteiger partial charge < -0.3 is 5.32 Å². The molecule has 6 nitrogen and oxygen atoms in total. The van der Waals surface area contributed by atoms with E-state index in [4.69, 9.17) is 0 Å². The van der Waals surface area contributed by atoms with Gasteiger partial charge in [0.25, 0.3) is 5.69 Å². The molecule has 0 aliphatic carbocycles. The van der Waals surface area contributed by atoms with E-state index in [1.807, 2.05) is 4.90 Å². The van der Waals surface area contributed by atoms with Gasteiger partial charge in [-0.05, 0) is 38.4 Å². The third-order valence-corrected chi connectivity index (χ3v) is 3.72. The van der Waals surface area contributed by atoms with Gasteiger partial charge in [-0.2, -0.15) is 0 Å². The molecule has 7 heteroatoms. The number of nitro benzene ring substituents is 1. The van der Waals surface area contributed by atoms with Gasteiger partial charge in [-0.25, -0.2) is 4.39 Å². The number of nitrogens with one attached hydrogen (secondary N) is 1. The number of likely N-dealkylation sites (tertiary alicyclic amines) is 1. The molecule has 1 amide bonds. The number of piperidine rings is 1. The number of halogens is 1. The van der Waals surface area contributed by atoms with Crippen molar-refractivity contribution in [3.05, 3.63) is 34.1 Å². The molecule has 2 rings (SSSR count). The fourth-order valence-electron chi connectivity index (χ4n) is 2.53. The van der Waals surface area contributed by atoms with E-state index in [0.717, 1.165) is 37.9 Å². The van der Waals surface area contributed by atoms with Crippen LogP contribution in [0.25, 0.3) is 0 Å². The Kier molecular flexibility index (Phi) is 4.85. The summed E-state index contributed by atoms with van der Waals surface area (Å²) in [5, 5.41) is 13.4. The average Bonchev–Trinajstić information content (AvgIpc) is 2.43. The zero-order chi connectivity index (χ0) is 15.4. The lowest BCUT2D eigenvalue weighted by Gasteiger charge is -2.32. The number of benzene rings is 1. The second-order valence-electron chi connectivity index (χ2n) is 5.28. The lowest BCUT2D eigenvalue weighted by Crippen LogP contribution is -2.42. The lowest BCUT2D eigenvalue weighted by molar-refractivity contribution is -0.384. The Bertz CT molecular complexity index is 550. The molecule has 114 valence electrons. The molecule has 21 heavy (non-hydrogen) atoms. The van der Waals surface area contributed by atoms with Gasteiger partial charge in [0.2, 0.25) is 5.91 Å². The SMILES string of the molecule is C[C@H]1CCCCN1CC(=O)Nc1ccc(F)cc1[N+](=O)[O-]. The van der Waals surface area contributed by atoms with E-state index in [1.54, 1.807) is 0 Å². The first-order chi connectivity index (χ1) is 9.97. The summed E-state index contributed by atoms with van der Waals surface area (Å²) in [5.74, 6) is -1.03. The third kappa shape index (κ3) is 3.98. The topological polar surface area (TPSA) is 75.5 Å². The van der Waals surface area contributed by atoms with Gasteiger partial charge in [0, 0.05) is 6.04 Å². The first-order valence-electron chi connectivity index (χ1n) is 6.95. The Morgan fingerprint density at radius 2 is 2.29 bits per heavy atom. The number of hydrogen-bond donors (Lipinski definition) is 1. The predicted octanol–water partition coefficient (Wildman–Crippen LogP) is 2.55. The number of nitrogens with zero attached hydrogens (tertiary/aromatic N) is 2. The number of anilines is 1. The van der Waals surface area contributed by atoms with Gasteiger partial charge in [-0.15, -0.1) is 0 Å². The van der Waals surface area contributed by atoms with Crippen LogP contribution in [0.15, 0.2) is 18.2 Å². The summed E-state index contributed by atoms with van der Waals surface area (Å²) < 4.78 is 13.0. The summed E-state index contributed by atoms with van der Waals surface area (Å²) in [6.45, 7) is 3.10. The van der Waals surface area contributed by atoms with Crippen molar-refractivity contribution >= 4 is 17.3 Å². The molecule has 0 saturated carbocycles. The first kappa shape index (κ1) is 15.4. The summed E-state index contributed by atoms with van der Waals surface area (Å²) in [5.41, 5.74) is -0.411. The molecule has 1 saturated heterocycles. The molecular formula is C14H18FN3O3. The minimum Gasteiger partial charge on any atom is -0.319 e. The van der Waals surface area contributed by atoms with Crippen molar-refractivity contribution in [2.45, 2.75) is 32.2 Å². The summed E-state index contributed by atoms with van der Waals surface area (Å²) in [4.78, 5) is 24.2. The third-order valence-electron chi connectivity index (χ3n) is 3.72. The smallest absolute Gasteiger partial charge is 0.295 e. The molecule has 1 atom stereocenters. The van der Waals surface area contributed by atoms with Crippen molar-refractivity contribution < 1.29 is 14.1 Å². The average molecular weight is 295 g/mol. The van der Waals surface area contributed by atoms with E-state index in [-0.39, 0.29) is 18.1 Å². The van der Waals surface area contributed by atoms with E-state index in [2.05, 4.69) is 12.2 Å². The Balaban J connectivity index is 2.04. The van der Waals surface area contributed by atoms with Crippen LogP contribution in [0.1, 0.15) is 26.2 Å². The van der Waals surface area contributed by atoms with Gasteiger partial charge in [-0.1, -0.05) is 6.42 Å². The zero-order valence-corrected chi connectivity index (χ0v) is 11.8. The predicted molar refractivity (Wildman–Crippen MR) is 76.6 cm³/mol. The number of amides is 1.